The van der Waals surface area contributed by atoms with Gasteiger partial charge in [0.05, 0.1) is 13.2 Å². The lowest BCUT2D eigenvalue weighted by molar-refractivity contribution is -0.156. The minimum absolute atomic E-state index is 0.292. The molecule has 0 saturated carbocycles. The zero-order valence-corrected chi connectivity index (χ0v) is 26.2. The summed E-state index contributed by atoms with van der Waals surface area (Å²) in [6, 6.07) is 39.4. The molecule has 4 atom stereocenters. The molecule has 1 amide bonds. The highest BCUT2D eigenvalue weighted by atomic mass is 16.5. The van der Waals surface area contributed by atoms with E-state index in [1.54, 1.807) is 31.4 Å². The Balaban J connectivity index is 1.35. The number of nitrogens with zero attached hydrogens (tertiary/aromatic N) is 1. The van der Waals surface area contributed by atoms with Crippen molar-refractivity contribution in [3.8, 4) is 5.75 Å². The SMILES string of the molecule is COc1ccc(C(=O)[C@@H]2[C@H](C(=O)OC(c3ccccc3)c3ccccc3)[C@@]3(C(=O)Nc4ccccc43)[C@@H]3C=Cc4ccccc4N23)cc1. The number of carbonyl (C=O) groups excluding carboxylic acids is 3. The third-order valence-electron chi connectivity index (χ3n) is 9.88. The highest BCUT2D eigenvalue weighted by Crippen LogP contribution is 2.58. The van der Waals surface area contributed by atoms with E-state index in [1.807, 2.05) is 126 Å². The van der Waals surface area contributed by atoms with Crippen LogP contribution in [0.1, 0.15) is 38.7 Å². The fourth-order valence-corrected chi connectivity index (χ4v) is 7.78. The van der Waals surface area contributed by atoms with Crippen molar-refractivity contribution in [1.82, 2.24) is 0 Å². The number of Topliss-reactive ketones (excluding diaryl/α,β-unsaturated/α-hetero) is 1. The van der Waals surface area contributed by atoms with E-state index in [4.69, 9.17) is 9.47 Å². The molecular weight excluding hydrogens is 600 g/mol. The quantitative estimate of drug-likeness (QED) is 0.154. The van der Waals surface area contributed by atoms with E-state index in [1.165, 1.54) is 0 Å². The number of ether oxygens (including phenoxy) is 2. The van der Waals surface area contributed by atoms with Crippen LogP contribution in [0.15, 0.2) is 140 Å². The Morgan fingerprint density at radius 1 is 0.771 bits per heavy atom. The van der Waals surface area contributed by atoms with Crippen LogP contribution in [-0.4, -0.2) is 36.9 Å². The van der Waals surface area contributed by atoms with E-state index in [9.17, 15) is 9.59 Å². The van der Waals surface area contributed by atoms with Gasteiger partial charge in [0.1, 0.15) is 23.1 Å². The van der Waals surface area contributed by atoms with Gasteiger partial charge in [-0.05, 0) is 58.7 Å². The first-order valence-corrected chi connectivity index (χ1v) is 16.0. The summed E-state index contributed by atoms with van der Waals surface area (Å²) in [6.07, 6.45) is 3.16. The van der Waals surface area contributed by atoms with Gasteiger partial charge in [-0.25, -0.2) is 0 Å². The summed E-state index contributed by atoms with van der Waals surface area (Å²) in [7, 11) is 1.57. The maximum Gasteiger partial charge on any atom is 0.314 e. The van der Waals surface area contributed by atoms with Crippen molar-refractivity contribution in [2.75, 3.05) is 17.3 Å². The Morgan fingerprint density at radius 2 is 1.40 bits per heavy atom. The van der Waals surface area contributed by atoms with E-state index < -0.39 is 35.5 Å². The Hall–Kier alpha value is -5.95. The van der Waals surface area contributed by atoms with E-state index >= 15 is 4.79 Å². The summed E-state index contributed by atoms with van der Waals surface area (Å²) < 4.78 is 11.9. The molecule has 1 N–H and O–H groups in total. The average molecular weight is 633 g/mol. The molecule has 48 heavy (non-hydrogen) atoms. The summed E-state index contributed by atoms with van der Waals surface area (Å²) in [5, 5.41) is 3.07. The van der Waals surface area contributed by atoms with Gasteiger partial charge in [-0.15, -0.1) is 0 Å². The molecule has 236 valence electrons. The molecule has 1 fully saturated rings. The molecule has 3 aliphatic heterocycles. The number of carbonyl (C=O) groups is 3. The third kappa shape index (κ3) is 4.46. The Kier molecular flexibility index (Phi) is 7.17. The lowest BCUT2D eigenvalue weighted by Gasteiger charge is -2.37. The molecule has 8 rings (SSSR count). The molecule has 5 aromatic rings. The van der Waals surface area contributed by atoms with E-state index in [0.717, 1.165) is 22.4 Å². The minimum atomic E-state index is -1.47. The number of para-hydroxylation sites is 2. The molecule has 3 aliphatic rings. The highest BCUT2D eigenvalue weighted by molar-refractivity contribution is 6.15. The summed E-state index contributed by atoms with van der Waals surface area (Å²) >= 11 is 0. The van der Waals surface area contributed by atoms with E-state index in [-0.39, 0.29) is 11.7 Å². The van der Waals surface area contributed by atoms with E-state index in [2.05, 4.69) is 5.32 Å². The first-order valence-electron chi connectivity index (χ1n) is 16.0. The second-order valence-electron chi connectivity index (χ2n) is 12.3. The van der Waals surface area contributed by atoms with Crippen molar-refractivity contribution in [1.29, 1.82) is 0 Å². The summed E-state index contributed by atoms with van der Waals surface area (Å²) in [4.78, 5) is 46.8. The molecule has 0 aromatic heterocycles. The van der Waals surface area contributed by atoms with Gasteiger partial charge in [0, 0.05) is 16.9 Å². The number of hydrogen-bond acceptors (Lipinski definition) is 6. The van der Waals surface area contributed by atoms with Gasteiger partial charge in [-0.1, -0.05) is 109 Å². The number of rotatable bonds is 7. The Morgan fingerprint density at radius 3 is 2.08 bits per heavy atom. The van der Waals surface area contributed by atoms with Crippen LogP contribution in [0.5, 0.6) is 5.75 Å². The fraction of sp³-hybridized carbons (Fsp3) is 0.146. The normalized spacial score (nSPS) is 21.8. The average Bonchev–Trinajstić information content (AvgIpc) is 3.63. The summed E-state index contributed by atoms with van der Waals surface area (Å²) in [5.41, 5.74) is 3.43. The second kappa shape index (κ2) is 11.7. The number of hydrogen-bond donors (Lipinski definition) is 1. The molecule has 0 radical (unpaired) electrons. The van der Waals surface area contributed by atoms with Gasteiger partial charge in [-0.3, -0.25) is 14.4 Å². The van der Waals surface area contributed by atoms with Gasteiger partial charge in [0.25, 0.3) is 0 Å². The minimum Gasteiger partial charge on any atom is -0.497 e. The first-order chi connectivity index (χ1) is 23.5. The summed E-state index contributed by atoms with van der Waals surface area (Å²) in [5.74, 6) is -1.88. The summed E-state index contributed by atoms with van der Waals surface area (Å²) in [6.45, 7) is 0. The lowest BCUT2D eigenvalue weighted by Crippen LogP contribution is -2.51. The largest absolute Gasteiger partial charge is 0.497 e. The van der Waals surface area contributed by atoms with Gasteiger partial charge in [-0.2, -0.15) is 0 Å². The van der Waals surface area contributed by atoms with E-state index in [0.29, 0.717) is 22.6 Å². The van der Waals surface area contributed by atoms with Crippen molar-refractivity contribution in [3.05, 3.63) is 167 Å². The maximum absolute atomic E-state index is 15.2. The number of ketones is 1. The molecule has 3 heterocycles. The molecule has 5 aromatic carbocycles. The van der Waals surface area contributed by atoms with Crippen molar-refractivity contribution >= 4 is 35.1 Å². The number of esters is 1. The number of benzene rings is 5. The van der Waals surface area contributed by atoms with Crippen LogP contribution in [0.3, 0.4) is 0 Å². The number of nitrogens with one attached hydrogen (secondary N) is 1. The molecule has 1 spiro atoms. The molecule has 0 aliphatic carbocycles. The smallest absolute Gasteiger partial charge is 0.314 e. The van der Waals surface area contributed by atoms with Crippen LogP contribution in [-0.2, 0) is 19.7 Å². The predicted octanol–water partition coefficient (Wildman–Crippen LogP) is 7.00. The van der Waals surface area contributed by atoms with Crippen LogP contribution >= 0.6 is 0 Å². The molecule has 1 saturated heterocycles. The predicted molar refractivity (Wildman–Crippen MR) is 184 cm³/mol. The topological polar surface area (TPSA) is 84.9 Å². The van der Waals surface area contributed by atoms with Crippen LogP contribution in [0.2, 0.25) is 0 Å². The monoisotopic (exact) mass is 632 g/mol. The van der Waals surface area contributed by atoms with Crippen LogP contribution in [0.25, 0.3) is 6.08 Å². The van der Waals surface area contributed by atoms with Crippen molar-refractivity contribution in [2.45, 2.75) is 23.6 Å². The molecule has 7 nitrogen and oxygen atoms in total. The molecule has 7 heteroatoms. The highest BCUT2D eigenvalue weighted by Gasteiger charge is 2.71. The van der Waals surface area contributed by atoms with Crippen LogP contribution in [0.4, 0.5) is 11.4 Å². The van der Waals surface area contributed by atoms with Gasteiger partial charge >= 0.3 is 5.97 Å². The number of fused-ring (bicyclic) bond motifs is 6. The van der Waals surface area contributed by atoms with Gasteiger partial charge in [0.15, 0.2) is 11.9 Å². The Labute approximate surface area is 278 Å². The lowest BCUT2D eigenvalue weighted by atomic mass is 9.66. The maximum atomic E-state index is 15.2. The fourth-order valence-electron chi connectivity index (χ4n) is 7.78. The van der Waals surface area contributed by atoms with Crippen molar-refractivity contribution in [3.63, 3.8) is 0 Å². The third-order valence-corrected chi connectivity index (χ3v) is 9.88. The van der Waals surface area contributed by atoms with Crippen molar-refractivity contribution in [2.24, 2.45) is 5.92 Å². The standard InChI is InChI=1S/C41H32N2O5/c1-47-30-23-20-27(21-24-30)37(44)36-35(39(45)48-38(28-13-4-2-5-14-28)29-15-6-3-7-16-29)41(31-17-9-10-18-32(31)42-40(41)46)34-25-22-26-12-8-11-19-33(26)43(34)36/h2-25,34-36,38H,1H3,(H,42,46)/t34-,35+,36-,41-/m0/s1. The zero-order chi connectivity index (χ0) is 32.8. The van der Waals surface area contributed by atoms with Crippen LogP contribution in [0, 0.1) is 5.92 Å². The van der Waals surface area contributed by atoms with Crippen LogP contribution < -0.4 is 15.0 Å². The zero-order valence-electron chi connectivity index (χ0n) is 26.2. The second-order valence-corrected chi connectivity index (χ2v) is 12.3. The first kappa shape index (κ1) is 29.5. The molecular formula is C41H32N2O5. The number of anilines is 2. The number of amides is 1. The molecule has 0 bridgehead atoms. The van der Waals surface area contributed by atoms with Gasteiger partial charge < -0.3 is 19.7 Å². The number of methoxy groups -OCH3 is 1. The van der Waals surface area contributed by atoms with Crippen molar-refractivity contribution < 1.29 is 23.9 Å². The Bertz CT molecular complexity index is 2020. The van der Waals surface area contributed by atoms with Gasteiger partial charge in [0.2, 0.25) is 5.91 Å². The molecule has 0 unspecified atom stereocenters.